The van der Waals surface area contributed by atoms with Crippen LogP contribution in [0.3, 0.4) is 0 Å². The topological polar surface area (TPSA) is 20.9 Å². The smallest absolute Gasteiger partial charge is 0.227 e. The number of carbonyl (C=O) groups is 1. The minimum Gasteiger partial charge on any atom is -0.287 e. The second-order valence-electron chi connectivity index (χ2n) is 3.77. The van der Waals surface area contributed by atoms with E-state index >= 15 is 0 Å². The number of hydrogen-bond donors (Lipinski definition) is 0. The van der Waals surface area contributed by atoms with E-state index in [0.717, 1.165) is 13.4 Å². The molecule has 0 N–H and O–H groups in total. The van der Waals surface area contributed by atoms with E-state index in [1.165, 1.54) is 0 Å². The summed E-state index contributed by atoms with van der Waals surface area (Å²) in [5.41, 5.74) is 0.710. The van der Waals surface area contributed by atoms with E-state index in [-0.39, 0.29) is 5.78 Å². The highest BCUT2D eigenvalue weighted by Gasteiger charge is 2.13. The summed E-state index contributed by atoms with van der Waals surface area (Å²) >= 11 is 10.2. The molecule has 0 saturated carbocycles. The third kappa shape index (κ3) is 3.73. The number of Topliss-reactive ketones (excluding diaryl/α,β-unsaturated/α-hetero) is 1. The van der Waals surface area contributed by atoms with Crippen LogP contribution in [-0.2, 0) is 6.54 Å². The number of rotatable bonds is 3. The predicted octanol–water partition coefficient (Wildman–Crippen LogP) is 4.14. The first kappa shape index (κ1) is 13.9. The maximum absolute atomic E-state index is 12.1. The van der Waals surface area contributed by atoms with Crippen molar-refractivity contribution in [1.82, 2.24) is 0 Å². The predicted molar refractivity (Wildman–Crippen MR) is 80.5 cm³/mol. The molecule has 0 saturated heterocycles. The molecule has 2 nitrogen and oxygen atoms in total. The van der Waals surface area contributed by atoms with Crippen LogP contribution in [0.15, 0.2) is 56.1 Å². The van der Waals surface area contributed by atoms with Gasteiger partial charge in [0.2, 0.25) is 12.3 Å². The van der Waals surface area contributed by atoms with Crippen molar-refractivity contribution in [2.75, 3.05) is 0 Å². The Labute approximate surface area is 130 Å². The zero-order valence-corrected chi connectivity index (χ0v) is 14.0. The summed E-state index contributed by atoms with van der Waals surface area (Å²) < 4.78 is 4.68. The highest BCUT2D eigenvalue weighted by atomic mass is 79.9. The van der Waals surface area contributed by atoms with Crippen molar-refractivity contribution in [3.63, 3.8) is 0 Å². The van der Waals surface area contributed by atoms with Crippen LogP contribution in [0, 0.1) is 0 Å². The summed E-state index contributed by atoms with van der Waals surface area (Å²) in [6, 6.07) is 9.31. The molecule has 0 aliphatic heterocycles. The van der Waals surface area contributed by atoms with Crippen LogP contribution in [0.4, 0.5) is 0 Å². The summed E-state index contributed by atoms with van der Waals surface area (Å²) in [7, 11) is 0. The summed E-state index contributed by atoms with van der Waals surface area (Å²) in [6.07, 6.45) is 3.75. The molecule has 18 heavy (non-hydrogen) atoms. The van der Waals surface area contributed by atoms with E-state index < -0.39 is 0 Å². The molecular formula is C13H9Br3NO+. The standard InChI is InChI=1S/C13H9Br3NO/c14-10-3-1-9(2-4-10)13(18)8-17-6-11(15)5-12(16)7-17/h1-7H,8H2/q+1. The minimum absolute atomic E-state index is 0.0810. The van der Waals surface area contributed by atoms with Gasteiger partial charge in [0.1, 0.15) is 0 Å². The zero-order chi connectivity index (χ0) is 13.1. The molecule has 0 aliphatic rings. The van der Waals surface area contributed by atoms with Crippen molar-refractivity contribution in [3.8, 4) is 0 Å². The normalized spacial score (nSPS) is 10.4. The van der Waals surface area contributed by atoms with E-state index in [1.54, 1.807) is 0 Å². The van der Waals surface area contributed by atoms with Gasteiger partial charge in [-0.1, -0.05) is 28.1 Å². The van der Waals surface area contributed by atoms with Gasteiger partial charge in [0, 0.05) is 10.0 Å². The van der Waals surface area contributed by atoms with Crippen LogP contribution in [0.25, 0.3) is 0 Å². The molecular weight excluding hydrogens is 426 g/mol. The van der Waals surface area contributed by atoms with Crippen molar-refractivity contribution < 1.29 is 9.36 Å². The van der Waals surface area contributed by atoms with Gasteiger partial charge in [-0.15, -0.1) is 0 Å². The van der Waals surface area contributed by atoms with Gasteiger partial charge in [-0.3, -0.25) is 4.79 Å². The van der Waals surface area contributed by atoms with Crippen molar-refractivity contribution >= 4 is 53.6 Å². The summed E-state index contributed by atoms with van der Waals surface area (Å²) in [5, 5.41) is 0. The lowest BCUT2D eigenvalue weighted by Gasteiger charge is -2.00. The number of aromatic nitrogens is 1. The fourth-order valence-electron chi connectivity index (χ4n) is 1.54. The van der Waals surface area contributed by atoms with E-state index in [0.29, 0.717) is 12.1 Å². The third-order valence-corrected chi connectivity index (χ3v) is 3.74. The third-order valence-electron chi connectivity index (χ3n) is 2.35. The van der Waals surface area contributed by atoms with Gasteiger partial charge in [-0.2, -0.15) is 4.57 Å². The van der Waals surface area contributed by atoms with Crippen LogP contribution in [-0.4, -0.2) is 5.78 Å². The number of carbonyl (C=O) groups excluding carboxylic acids is 1. The van der Waals surface area contributed by atoms with Gasteiger partial charge in [-0.25, -0.2) is 0 Å². The number of nitrogens with zero attached hydrogens (tertiary/aromatic N) is 1. The van der Waals surface area contributed by atoms with Crippen LogP contribution < -0.4 is 4.57 Å². The summed E-state index contributed by atoms with van der Waals surface area (Å²) in [5.74, 6) is 0.0810. The molecule has 92 valence electrons. The Morgan fingerprint density at radius 2 is 1.50 bits per heavy atom. The van der Waals surface area contributed by atoms with Gasteiger partial charge in [0.05, 0.1) is 8.95 Å². The van der Waals surface area contributed by atoms with Gasteiger partial charge in [0.15, 0.2) is 12.4 Å². The lowest BCUT2D eigenvalue weighted by Crippen LogP contribution is -2.37. The molecule has 0 bridgehead atoms. The molecule has 0 aliphatic carbocycles. The molecule has 0 fully saturated rings. The number of pyridine rings is 1. The Bertz CT molecular complexity index is 561. The van der Waals surface area contributed by atoms with Crippen LogP contribution in [0.5, 0.6) is 0 Å². The van der Waals surface area contributed by atoms with E-state index in [1.807, 2.05) is 47.3 Å². The monoisotopic (exact) mass is 432 g/mol. The number of ketones is 1. The second kappa shape index (κ2) is 6.08. The Balaban J connectivity index is 2.18. The van der Waals surface area contributed by atoms with Crippen molar-refractivity contribution in [2.45, 2.75) is 6.54 Å². The molecule has 0 radical (unpaired) electrons. The number of hydrogen-bond acceptors (Lipinski definition) is 1. The Kier molecular flexibility index (Phi) is 4.70. The van der Waals surface area contributed by atoms with Crippen LogP contribution in [0.1, 0.15) is 10.4 Å². The van der Waals surface area contributed by atoms with Gasteiger partial charge in [0.25, 0.3) is 0 Å². The highest BCUT2D eigenvalue weighted by Crippen LogP contribution is 2.14. The lowest BCUT2D eigenvalue weighted by atomic mass is 10.1. The number of halogens is 3. The maximum Gasteiger partial charge on any atom is 0.227 e. The van der Waals surface area contributed by atoms with E-state index in [2.05, 4.69) is 47.8 Å². The van der Waals surface area contributed by atoms with Crippen molar-refractivity contribution in [1.29, 1.82) is 0 Å². The first-order chi connectivity index (χ1) is 8.54. The average molecular weight is 435 g/mol. The van der Waals surface area contributed by atoms with Crippen molar-refractivity contribution in [3.05, 3.63) is 61.7 Å². The SMILES string of the molecule is O=C(C[n+]1cc(Br)cc(Br)c1)c1ccc(Br)cc1. The molecule has 1 heterocycles. The van der Waals surface area contributed by atoms with Gasteiger partial charge >= 0.3 is 0 Å². The molecule has 1 aromatic heterocycles. The Morgan fingerprint density at radius 1 is 0.944 bits per heavy atom. The molecule has 0 atom stereocenters. The summed E-state index contributed by atoms with van der Waals surface area (Å²) in [6.45, 7) is 0.319. The molecule has 0 amide bonds. The first-order valence-corrected chi connectivity index (χ1v) is 7.56. The van der Waals surface area contributed by atoms with Gasteiger partial charge < -0.3 is 0 Å². The average Bonchev–Trinajstić information content (AvgIpc) is 2.28. The van der Waals surface area contributed by atoms with Gasteiger partial charge in [-0.05, 0) is 50.1 Å². The lowest BCUT2D eigenvalue weighted by molar-refractivity contribution is -0.684. The maximum atomic E-state index is 12.1. The number of benzene rings is 1. The Hall–Kier alpha value is -0.520. The molecule has 2 aromatic rings. The van der Waals surface area contributed by atoms with E-state index in [9.17, 15) is 4.79 Å². The van der Waals surface area contributed by atoms with Crippen LogP contribution in [0.2, 0.25) is 0 Å². The quantitative estimate of drug-likeness (QED) is 0.525. The fourth-order valence-corrected chi connectivity index (χ4v) is 3.14. The largest absolute Gasteiger partial charge is 0.287 e. The zero-order valence-electron chi connectivity index (χ0n) is 9.24. The summed E-state index contributed by atoms with van der Waals surface area (Å²) in [4.78, 5) is 12.1. The molecule has 5 heteroatoms. The van der Waals surface area contributed by atoms with Crippen LogP contribution >= 0.6 is 47.8 Å². The van der Waals surface area contributed by atoms with E-state index in [4.69, 9.17) is 0 Å². The van der Waals surface area contributed by atoms with Crippen molar-refractivity contribution in [2.24, 2.45) is 0 Å². The fraction of sp³-hybridized carbons (Fsp3) is 0.0769. The molecule has 1 aromatic carbocycles. The molecule has 2 rings (SSSR count). The Morgan fingerprint density at radius 3 is 2.06 bits per heavy atom. The molecule has 0 spiro atoms. The molecule has 0 unspecified atom stereocenters. The minimum atomic E-state index is 0.0810. The first-order valence-electron chi connectivity index (χ1n) is 5.18. The second-order valence-corrected chi connectivity index (χ2v) is 6.52. The highest BCUT2D eigenvalue weighted by molar-refractivity contribution is 9.11.